The maximum Gasteiger partial charge on any atom is 0.143 e. The SMILES string of the molecule is c1ccc(N(c2ccccc2)c2ccc(-c3ccc(N(c4ccc(-c5ccc6c7ccccc7c7ccccc7c6c5)cc4)c4ccc(-c5cccc6c5oc5ccccc56)cc4)cc3)cc2)cc1. The Morgan fingerprint density at radius 2 is 0.565 bits per heavy atom. The largest absolute Gasteiger partial charge is 0.455 e. The van der Waals surface area contributed by atoms with Crippen LogP contribution in [0.3, 0.4) is 0 Å². The van der Waals surface area contributed by atoms with E-state index in [1.165, 1.54) is 43.4 Å². The van der Waals surface area contributed by atoms with Crippen LogP contribution in [0, 0.1) is 0 Å². The van der Waals surface area contributed by atoms with Crippen molar-refractivity contribution in [2.24, 2.45) is 0 Å². The molecule has 0 saturated heterocycles. The number of furan rings is 1. The van der Waals surface area contributed by atoms with E-state index >= 15 is 0 Å². The number of benzene rings is 12. The normalized spacial score (nSPS) is 11.5. The molecule has 0 saturated carbocycles. The highest BCUT2D eigenvalue weighted by Gasteiger charge is 2.18. The van der Waals surface area contributed by atoms with Crippen molar-refractivity contribution in [2.75, 3.05) is 9.80 Å². The van der Waals surface area contributed by atoms with E-state index in [0.29, 0.717) is 0 Å². The number of rotatable bonds is 9. The number of anilines is 6. The molecular weight excluding hydrogens is 837 g/mol. The molecule has 0 radical (unpaired) electrons. The third kappa shape index (κ3) is 7.16. The highest BCUT2D eigenvalue weighted by atomic mass is 16.3. The number of hydrogen-bond acceptors (Lipinski definition) is 3. The molecule has 0 fully saturated rings. The zero-order valence-electron chi connectivity index (χ0n) is 37.7. The molecule has 0 amide bonds. The van der Waals surface area contributed by atoms with Crippen molar-refractivity contribution in [1.29, 1.82) is 0 Å². The fourth-order valence-electron chi connectivity index (χ4n) is 10.3. The highest BCUT2D eigenvalue weighted by molar-refractivity contribution is 6.25. The Morgan fingerprint density at radius 3 is 1.06 bits per heavy atom. The molecule has 13 rings (SSSR count). The van der Waals surface area contributed by atoms with Gasteiger partial charge in [-0.15, -0.1) is 0 Å². The van der Waals surface area contributed by atoms with Gasteiger partial charge in [-0.25, -0.2) is 0 Å². The van der Waals surface area contributed by atoms with E-state index in [1.54, 1.807) is 0 Å². The first-order valence-corrected chi connectivity index (χ1v) is 23.6. The van der Waals surface area contributed by atoms with E-state index < -0.39 is 0 Å². The summed E-state index contributed by atoms with van der Waals surface area (Å²) in [6.45, 7) is 0. The average Bonchev–Trinajstić information content (AvgIpc) is 3.82. The third-order valence-electron chi connectivity index (χ3n) is 13.7. The van der Waals surface area contributed by atoms with Crippen molar-refractivity contribution in [1.82, 2.24) is 0 Å². The molecule has 13 aromatic rings. The standard InChI is InChI=1S/C66H44N2O/c1-3-14-50(15-4-1)67(51-16-5-2-6-17-51)52-35-26-45(27-36-52)46-28-37-53(38-29-46)68(55-41-32-48(33-42-55)56-23-13-24-63-62-22-11-12-25-65(62)69-66(56)63)54-39-30-47(31-40-54)49-34-43-61-59-20-8-7-18-57(59)58-19-9-10-21-60(58)64(61)44-49/h1-44H. The molecule has 0 aliphatic carbocycles. The number of hydrogen-bond donors (Lipinski definition) is 0. The van der Waals surface area contributed by atoms with Crippen molar-refractivity contribution < 1.29 is 4.42 Å². The van der Waals surface area contributed by atoms with Gasteiger partial charge in [0.05, 0.1) is 0 Å². The first-order chi connectivity index (χ1) is 34.2. The van der Waals surface area contributed by atoms with Crippen LogP contribution in [0.2, 0.25) is 0 Å². The summed E-state index contributed by atoms with van der Waals surface area (Å²) in [5.74, 6) is 0. The summed E-state index contributed by atoms with van der Waals surface area (Å²) in [6, 6.07) is 95.9. The van der Waals surface area contributed by atoms with Crippen molar-refractivity contribution in [3.8, 4) is 33.4 Å². The average molecular weight is 881 g/mol. The zero-order valence-corrected chi connectivity index (χ0v) is 37.7. The molecule has 0 aliphatic heterocycles. The Balaban J connectivity index is 0.866. The van der Waals surface area contributed by atoms with Crippen LogP contribution in [-0.2, 0) is 0 Å². The van der Waals surface area contributed by atoms with Crippen LogP contribution < -0.4 is 9.80 Å². The van der Waals surface area contributed by atoms with Crippen molar-refractivity contribution in [2.45, 2.75) is 0 Å². The fraction of sp³-hybridized carbons (Fsp3) is 0. The van der Waals surface area contributed by atoms with Crippen LogP contribution in [0.4, 0.5) is 34.1 Å². The highest BCUT2D eigenvalue weighted by Crippen LogP contribution is 2.42. The maximum absolute atomic E-state index is 6.46. The molecule has 0 atom stereocenters. The topological polar surface area (TPSA) is 19.6 Å². The predicted molar refractivity (Wildman–Crippen MR) is 292 cm³/mol. The minimum absolute atomic E-state index is 0.900. The van der Waals surface area contributed by atoms with Gasteiger partial charge in [-0.3, -0.25) is 0 Å². The maximum atomic E-state index is 6.46. The van der Waals surface area contributed by atoms with E-state index in [9.17, 15) is 0 Å². The Bertz CT molecular complexity index is 3900. The van der Waals surface area contributed by atoms with E-state index in [-0.39, 0.29) is 0 Å². The number of para-hydroxylation sites is 4. The van der Waals surface area contributed by atoms with Gasteiger partial charge in [-0.1, -0.05) is 182 Å². The molecule has 324 valence electrons. The van der Waals surface area contributed by atoms with Crippen LogP contribution >= 0.6 is 0 Å². The Labute approximate surface area is 401 Å². The van der Waals surface area contributed by atoms with E-state index in [1.807, 2.05) is 12.1 Å². The van der Waals surface area contributed by atoms with Gasteiger partial charge in [-0.05, 0) is 145 Å². The molecule has 12 aromatic carbocycles. The summed E-state index contributed by atoms with van der Waals surface area (Å²) in [4.78, 5) is 4.64. The van der Waals surface area contributed by atoms with Gasteiger partial charge < -0.3 is 14.2 Å². The Kier molecular flexibility index (Phi) is 9.84. The van der Waals surface area contributed by atoms with Gasteiger partial charge in [0.15, 0.2) is 0 Å². The van der Waals surface area contributed by atoms with Gasteiger partial charge in [-0.2, -0.15) is 0 Å². The Hall–Kier alpha value is -9.18. The van der Waals surface area contributed by atoms with Crippen molar-refractivity contribution in [3.63, 3.8) is 0 Å². The lowest BCUT2D eigenvalue weighted by molar-refractivity contribution is 0.670. The van der Waals surface area contributed by atoms with Crippen molar-refractivity contribution >= 4 is 88.4 Å². The smallest absolute Gasteiger partial charge is 0.143 e. The summed E-state index contributed by atoms with van der Waals surface area (Å²) in [6.07, 6.45) is 0. The second-order valence-corrected chi connectivity index (χ2v) is 17.7. The van der Waals surface area contributed by atoms with Gasteiger partial charge >= 0.3 is 0 Å². The predicted octanol–water partition coefficient (Wildman–Crippen LogP) is 19.0. The van der Waals surface area contributed by atoms with Crippen LogP contribution in [-0.4, -0.2) is 0 Å². The second-order valence-electron chi connectivity index (χ2n) is 17.7. The van der Waals surface area contributed by atoms with Crippen LogP contribution in [0.25, 0.3) is 87.6 Å². The van der Waals surface area contributed by atoms with Gasteiger partial charge in [0, 0.05) is 50.5 Å². The summed E-state index contributed by atoms with van der Waals surface area (Å²) in [7, 11) is 0. The lowest BCUT2D eigenvalue weighted by Gasteiger charge is -2.26. The molecule has 0 bridgehead atoms. The van der Waals surface area contributed by atoms with Crippen LogP contribution in [0.1, 0.15) is 0 Å². The van der Waals surface area contributed by atoms with E-state index in [4.69, 9.17) is 4.42 Å². The molecule has 3 heteroatoms. The quantitative estimate of drug-likeness (QED) is 0.135. The van der Waals surface area contributed by atoms with Gasteiger partial charge in [0.1, 0.15) is 11.2 Å². The molecule has 0 unspecified atom stereocenters. The molecule has 69 heavy (non-hydrogen) atoms. The summed E-state index contributed by atoms with van der Waals surface area (Å²) in [5.41, 5.74) is 15.2. The van der Waals surface area contributed by atoms with E-state index in [2.05, 4.69) is 265 Å². The summed E-state index contributed by atoms with van der Waals surface area (Å²) in [5, 5.41) is 9.93. The molecule has 1 aromatic heterocycles. The third-order valence-corrected chi connectivity index (χ3v) is 13.7. The minimum Gasteiger partial charge on any atom is -0.455 e. The monoisotopic (exact) mass is 880 g/mol. The molecule has 1 heterocycles. The number of nitrogens with zero attached hydrogens (tertiary/aromatic N) is 2. The molecule has 3 nitrogen and oxygen atoms in total. The molecule has 0 spiro atoms. The van der Waals surface area contributed by atoms with E-state index in [0.717, 1.165) is 78.3 Å². The first kappa shape index (κ1) is 40.1. The number of fused-ring (bicyclic) bond motifs is 9. The fourth-order valence-corrected chi connectivity index (χ4v) is 10.3. The Morgan fingerprint density at radius 1 is 0.217 bits per heavy atom. The second kappa shape index (κ2) is 16.9. The lowest BCUT2D eigenvalue weighted by Crippen LogP contribution is -2.10. The zero-order chi connectivity index (χ0) is 45.7. The molecular formula is C66H44N2O. The summed E-state index contributed by atoms with van der Waals surface area (Å²) < 4.78 is 6.46. The molecule has 0 aliphatic rings. The first-order valence-electron chi connectivity index (χ1n) is 23.6. The van der Waals surface area contributed by atoms with Gasteiger partial charge in [0.2, 0.25) is 0 Å². The summed E-state index contributed by atoms with van der Waals surface area (Å²) >= 11 is 0. The van der Waals surface area contributed by atoms with Crippen LogP contribution in [0.5, 0.6) is 0 Å². The van der Waals surface area contributed by atoms with Crippen LogP contribution in [0.15, 0.2) is 271 Å². The minimum atomic E-state index is 0.900. The van der Waals surface area contributed by atoms with Crippen molar-refractivity contribution in [3.05, 3.63) is 267 Å². The lowest BCUT2D eigenvalue weighted by atomic mass is 9.92. The van der Waals surface area contributed by atoms with Gasteiger partial charge in [0.25, 0.3) is 0 Å². The molecule has 0 N–H and O–H groups in total.